The van der Waals surface area contributed by atoms with Gasteiger partial charge in [0, 0.05) is 52.9 Å². The van der Waals surface area contributed by atoms with E-state index < -0.39 is 99.7 Å². The smallest absolute Gasteiger partial charge is 0.463 e. The van der Waals surface area contributed by atoms with Gasteiger partial charge in [-0.3, -0.25) is 33.3 Å². The Kier molecular flexibility index (Phi) is 20.4. The molecule has 74 heavy (non-hydrogen) atoms. The van der Waals surface area contributed by atoms with Crippen LogP contribution in [0.25, 0.3) is 22.3 Å². The molecule has 400 valence electrons. The Morgan fingerprint density at radius 2 is 0.986 bits per heavy atom. The predicted octanol–water partition coefficient (Wildman–Crippen LogP) is 2.80. The average molecular weight is 1050 g/mol. The lowest BCUT2D eigenvalue weighted by molar-refractivity contribution is -0.288. The molecule has 2 aliphatic heterocycles. The number of benzene rings is 4. The molecule has 2 aliphatic rings. The second-order valence-corrected chi connectivity index (χ2v) is 18.1. The molecule has 10 atom stereocenters. The number of ether oxygens (including phenoxy) is 8. The minimum atomic E-state index is -4.84. The molecule has 0 aromatic heterocycles. The first-order chi connectivity index (χ1) is 34.9. The first kappa shape index (κ1) is 58.1. The maximum absolute atomic E-state index is 12.1. The lowest BCUT2D eigenvalue weighted by atomic mass is 9.97. The molecule has 2 saturated heterocycles. The zero-order chi connectivity index (χ0) is 54.6. The number of carbonyl (C=O) groups is 6. The van der Waals surface area contributed by atoms with E-state index in [2.05, 4.69) is 15.2 Å². The molecule has 0 bridgehead atoms. The van der Waals surface area contributed by atoms with E-state index >= 15 is 0 Å². The van der Waals surface area contributed by atoms with Crippen LogP contribution in [0.15, 0.2) is 84.9 Å². The third-order valence-corrected chi connectivity index (χ3v) is 11.7. The summed E-state index contributed by atoms with van der Waals surface area (Å²) in [5.74, 6) is -2.59. The second-order valence-electron chi connectivity index (χ2n) is 16.9. The van der Waals surface area contributed by atoms with E-state index in [-0.39, 0.29) is 18.4 Å². The number of hydrogen-bond donors (Lipinski definition) is 7. The van der Waals surface area contributed by atoms with Crippen molar-refractivity contribution in [1.82, 2.24) is 10.6 Å². The molecular weight excluding hydrogens is 996 g/mol. The highest BCUT2D eigenvalue weighted by atomic mass is 31.2. The van der Waals surface area contributed by atoms with Gasteiger partial charge in [0.25, 0.3) is 11.8 Å². The van der Waals surface area contributed by atoms with Gasteiger partial charge in [-0.25, -0.2) is 4.57 Å². The fraction of sp³-hybridized carbons (Fsp3) is 0.400. The number of esters is 4. The van der Waals surface area contributed by atoms with E-state index in [1.165, 1.54) is 6.92 Å². The van der Waals surface area contributed by atoms with Gasteiger partial charge in [0.05, 0.1) is 6.61 Å². The van der Waals surface area contributed by atoms with Crippen molar-refractivity contribution in [2.45, 2.75) is 103 Å². The van der Waals surface area contributed by atoms with E-state index in [1.807, 2.05) is 18.2 Å². The van der Waals surface area contributed by atoms with E-state index in [4.69, 9.17) is 47.7 Å². The largest absolute Gasteiger partial charge is 0.469 e. The molecule has 0 aliphatic carbocycles. The first-order valence-corrected chi connectivity index (χ1v) is 24.3. The van der Waals surface area contributed by atoms with Gasteiger partial charge in [-0.15, -0.1) is 0 Å². The summed E-state index contributed by atoms with van der Waals surface area (Å²) in [7, 11) is -1.73. The number of aliphatic hydroxyl groups excluding tert-OH is 3. The van der Waals surface area contributed by atoms with Crippen molar-refractivity contribution in [3.8, 4) is 33.8 Å². The van der Waals surface area contributed by atoms with Gasteiger partial charge >= 0.3 is 31.7 Å². The molecule has 2 amide bonds. The number of rotatable bonds is 16. The highest BCUT2D eigenvalue weighted by Gasteiger charge is 2.53. The summed E-state index contributed by atoms with van der Waals surface area (Å²) >= 11 is 0. The Balaban J connectivity index is 0.000000280. The molecule has 7 N–H and O–H groups in total. The Morgan fingerprint density at radius 3 is 1.43 bits per heavy atom. The van der Waals surface area contributed by atoms with Gasteiger partial charge in [-0.05, 0) is 95.8 Å². The molecule has 2 fully saturated rings. The van der Waals surface area contributed by atoms with Gasteiger partial charge in [0.15, 0.2) is 12.2 Å². The van der Waals surface area contributed by atoms with Gasteiger partial charge in [0.2, 0.25) is 18.7 Å². The third kappa shape index (κ3) is 15.9. The molecule has 2 heterocycles. The molecular formula is C50H59N2O21P. The van der Waals surface area contributed by atoms with Crippen molar-refractivity contribution in [2.24, 2.45) is 0 Å². The molecule has 0 radical (unpaired) electrons. The van der Waals surface area contributed by atoms with Crippen LogP contribution in [0.2, 0.25) is 0 Å². The van der Waals surface area contributed by atoms with Gasteiger partial charge in [0.1, 0.15) is 48.6 Å². The predicted molar refractivity (Wildman–Crippen MR) is 258 cm³/mol. The Hall–Kier alpha value is -6.79. The van der Waals surface area contributed by atoms with Gasteiger partial charge in [-0.1, -0.05) is 36.4 Å². The minimum Gasteiger partial charge on any atom is -0.463 e. The molecule has 23 nitrogen and oxygen atoms in total. The summed E-state index contributed by atoms with van der Waals surface area (Å²) < 4.78 is 59.9. The van der Waals surface area contributed by atoms with Crippen LogP contribution >= 0.6 is 7.82 Å². The molecule has 10 unspecified atom stereocenters. The Bertz CT molecular complexity index is 2710. The number of phosphoric acid groups is 1. The van der Waals surface area contributed by atoms with E-state index in [0.29, 0.717) is 33.8 Å². The number of phosphoric ester groups is 1. The lowest BCUT2D eigenvalue weighted by Crippen LogP contribution is -2.63. The molecule has 4 aromatic carbocycles. The standard InChI is InChI=1S/C29H33NO11.C21H26NO10P/c1-15-12-21(20-8-7-9-22(13-20)28(35)30-6)10-11-23(15)40-29-27(39-19(5)34)26(38-18(4)33)25(37-17(3)32)24(41-29)14-36-16(2)31;1-11-8-13(12-4-3-5-14(9-12)20(26)22-2)6-7-15(11)31-21-19(25)18(24)17(23)16(32-21)10-30-33(27,28)29/h7-13,24-27,29H,14H2,1-6H3,(H,30,35);3-9,16-19,21,23-25H,10H2,1-2H3,(H,22,26)(H2,27,28,29). The molecule has 6 rings (SSSR count). The molecule has 0 saturated carbocycles. The summed E-state index contributed by atoms with van der Waals surface area (Å²) in [5, 5.41) is 35.6. The first-order valence-electron chi connectivity index (χ1n) is 22.8. The van der Waals surface area contributed by atoms with Crippen molar-refractivity contribution >= 4 is 43.5 Å². The highest BCUT2D eigenvalue weighted by Crippen LogP contribution is 2.38. The zero-order valence-electron chi connectivity index (χ0n) is 41.5. The number of nitrogens with one attached hydrogen (secondary N) is 2. The van der Waals surface area contributed by atoms with E-state index in [1.54, 1.807) is 94.7 Å². The summed E-state index contributed by atoms with van der Waals surface area (Å²) in [6.45, 7) is 7.07. The van der Waals surface area contributed by atoms with Crippen LogP contribution in [0.4, 0.5) is 0 Å². The number of aryl methyl sites for hydroxylation is 2. The summed E-state index contributed by atoms with van der Waals surface area (Å²) in [6, 6.07) is 24.6. The molecule has 24 heteroatoms. The molecule has 0 spiro atoms. The topological polar surface area (TPSA) is 328 Å². The summed E-state index contributed by atoms with van der Waals surface area (Å²) in [5.41, 5.74) is 5.53. The number of carbonyl (C=O) groups excluding carboxylic acids is 6. The third-order valence-electron chi connectivity index (χ3n) is 11.2. The van der Waals surface area contributed by atoms with Crippen LogP contribution in [0.1, 0.15) is 59.5 Å². The number of amides is 2. The number of hydrogen-bond acceptors (Lipinski definition) is 19. The van der Waals surface area contributed by atoms with Crippen LogP contribution < -0.4 is 20.1 Å². The maximum Gasteiger partial charge on any atom is 0.469 e. The lowest BCUT2D eigenvalue weighted by Gasteiger charge is -2.44. The Labute approximate surface area is 425 Å². The normalized spacial score (nSPS) is 23.4. The average Bonchev–Trinajstić information content (AvgIpc) is 3.35. The van der Waals surface area contributed by atoms with Crippen LogP contribution in [-0.4, -0.2) is 150 Å². The fourth-order valence-corrected chi connectivity index (χ4v) is 8.09. The minimum absolute atomic E-state index is 0.213. The zero-order valence-corrected chi connectivity index (χ0v) is 42.4. The van der Waals surface area contributed by atoms with Crippen LogP contribution in [0, 0.1) is 13.8 Å². The van der Waals surface area contributed by atoms with E-state index in [0.717, 1.165) is 43.0 Å². The van der Waals surface area contributed by atoms with Crippen LogP contribution in [0.3, 0.4) is 0 Å². The summed E-state index contributed by atoms with van der Waals surface area (Å²) in [6.07, 6.45) is -14.2. The Morgan fingerprint density at radius 1 is 0.541 bits per heavy atom. The fourth-order valence-electron chi connectivity index (χ4n) is 7.75. The quantitative estimate of drug-likeness (QED) is 0.0482. The van der Waals surface area contributed by atoms with Crippen molar-refractivity contribution in [1.29, 1.82) is 0 Å². The highest BCUT2D eigenvalue weighted by molar-refractivity contribution is 7.46. The van der Waals surface area contributed by atoms with Crippen molar-refractivity contribution in [3.63, 3.8) is 0 Å². The van der Waals surface area contributed by atoms with Crippen LogP contribution in [-0.2, 0) is 56.7 Å². The second kappa shape index (κ2) is 25.9. The van der Waals surface area contributed by atoms with Crippen molar-refractivity contribution < 1.29 is 101 Å². The molecule has 4 aromatic rings. The van der Waals surface area contributed by atoms with Crippen LogP contribution in [0.5, 0.6) is 11.5 Å². The number of aliphatic hydroxyl groups is 3. The van der Waals surface area contributed by atoms with E-state index in [9.17, 15) is 48.7 Å². The summed E-state index contributed by atoms with van der Waals surface area (Å²) in [4.78, 5) is 89.2. The van der Waals surface area contributed by atoms with Gasteiger partial charge in [-0.2, -0.15) is 0 Å². The van der Waals surface area contributed by atoms with Crippen molar-refractivity contribution in [2.75, 3.05) is 27.3 Å². The van der Waals surface area contributed by atoms with Gasteiger partial charge < -0.3 is 73.6 Å². The SMILES string of the molecule is CNC(=O)c1cccc(-c2ccc(OC3OC(COC(C)=O)C(OC(C)=O)C(OC(C)=O)C3OC(C)=O)c(C)c2)c1.CNC(=O)c1cccc(-c2ccc(OC3OC(COP(=O)(O)O)C(O)C(O)C3O)c(C)c2)c1. The monoisotopic (exact) mass is 1050 g/mol. The maximum atomic E-state index is 12.1. The van der Waals surface area contributed by atoms with Crippen molar-refractivity contribution in [3.05, 3.63) is 107 Å².